The number of aromatic nitrogens is 6. The Morgan fingerprint density at radius 2 is 1.12 bits per heavy atom. The van der Waals surface area contributed by atoms with Crippen LogP contribution in [0, 0.1) is 0 Å². The van der Waals surface area contributed by atoms with Gasteiger partial charge in [0.15, 0.2) is 5.78 Å². The summed E-state index contributed by atoms with van der Waals surface area (Å²) in [6, 6.07) is 26.8. The smallest absolute Gasteiger partial charge is 0.336 e. The Balaban J connectivity index is 0.819. The lowest BCUT2D eigenvalue weighted by molar-refractivity contribution is -0.138. The van der Waals surface area contributed by atoms with Gasteiger partial charge in [-0.1, -0.05) is 16.5 Å². The van der Waals surface area contributed by atoms with Crippen molar-refractivity contribution < 1.29 is 62.6 Å². The van der Waals surface area contributed by atoms with Crippen LogP contribution in [0.3, 0.4) is 0 Å². The number of nitrogens with zero attached hydrogens (tertiary/aromatic N) is 8. The molecule has 0 bridgehead atoms. The van der Waals surface area contributed by atoms with E-state index in [0.717, 1.165) is 33.2 Å². The topological polar surface area (TPSA) is 416 Å². The number of nitrogens with two attached hydrogens (primary N) is 2. The van der Waals surface area contributed by atoms with Gasteiger partial charge in [-0.05, 0) is 188 Å². The lowest BCUT2D eigenvalue weighted by atomic mass is 9.91. The van der Waals surface area contributed by atoms with Crippen LogP contribution in [0.25, 0.3) is 44.8 Å². The van der Waals surface area contributed by atoms with Crippen molar-refractivity contribution in [1.29, 1.82) is 0 Å². The maximum absolute atomic E-state index is 14.1. The van der Waals surface area contributed by atoms with E-state index in [0.29, 0.717) is 142 Å². The van der Waals surface area contributed by atoms with Gasteiger partial charge < -0.3 is 62.9 Å². The molecule has 1 aliphatic carbocycles. The van der Waals surface area contributed by atoms with Crippen molar-refractivity contribution in [3.8, 4) is 33.8 Å². The first-order valence-corrected chi connectivity index (χ1v) is 35.0. The molecule has 0 radical (unpaired) electrons. The summed E-state index contributed by atoms with van der Waals surface area (Å²) in [5, 5.41) is 54.8. The number of amides is 7. The molecule has 0 fully saturated rings. The standard InChI is InChI=1S/C75H92N16O13/c1-47(92)48-24-29-53(30-25-48)90-45-51(84-86-90)16-15-23-67(94)79-39-13-9-21-68(95)82-63(20-8-12-41-81-72(98)57-35-28-50(42-60(57)74(100)101)69-58-36-33-55(88(2)3)43-64(58)104-65-44-56(89(4)5)34-37-59(65)69)73(99)83-62(70(77)96)19-7-11-40-80-71(97)49-26-31-54(32-27-49)91-46-52(85-87-91)17-14-22-66(93)78-38-10-6-18-61(76)75(102)103/h24-37,42-46,61-63H,6-23,38-41,76H2,1-5H3,(H9-,77,78,79,80,81,82,83,93,94,95,96,97,98,99,100,101,102,103)/p+1. The molecule has 550 valence electrons. The number of carboxylic acids is 2. The molecule has 6 aromatic rings. The number of unbranched alkanes of at least 4 members (excludes halogenated alkanes) is 4. The molecule has 29 nitrogen and oxygen atoms in total. The van der Waals surface area contributed by atoms with Gasteiger partial charge in [-0.15, -0.1) is 10.2 Å². The highest BCUT2D eigenvalue weighted by atomic mass is 16.4. The maximum Gasteiger partial charge on any atom is 0.336 e. The number of carbonyl (C=O) groups is 10. The van der Waals surface area contributed by atoms with Crippen molar-refractivity contribution in [1.82, 2.24) is 66.5 Å². The van der Waals surface area contributed by atoms with E-state index >= 15 is 0 Å². The Hall–Kier alpha value is -11.5. The first kappa shape index (κ1) is 78.2. The molecule has 104 heavy (non-hydrogen) atoms. The van der Waals surface area contributed by atoms with E-state index in [1.165, 1.54) is 19.1 Å². The van der Waals surface area contributed by atoms with Gasteiger partial charge in [0.05, 0.1) is 52.3 Å². The van der Waals surface area contributed by atoms with Gasteiger partial charge in [0.2, 0.25) is 34.9 Å². The molecule has 7 amide bonds. The van der Waals surface area contributed by atoms with Gasteiger partial charge in [-0.25, -0.2) is 18.7 Å². The summed E-state index contributed by atoms with van der Waals surface area (Å²) in [5.74, 6) is -5.00. The molecule has 4 aromatic carbocycles. The molecule has 8 rings (SSSR count). The predicted octanol–water partition coefficient (Wildman–Crippen LogP) is 5.65. The van der Waals surface area contributed by atoms with Crippen LogP contribution in [0.5, 0.6) is 0 Å². The number of ketones is 1. The fourth-order valence-corrected chi connectivity index (χ4v) is 11.7. The SMILES string of the molecule is CC(=O)c1ccc(-n2cc(CCCC(=O)NCCCCC(=O)NC(CCCCNC(=O)c3ccc(-c4c5ccc(=[N+](C)C)cc-5oc5cc(N(C)C)ccc45)cc3C(=O)O)C(=O)NC(CCCCNC(=O)c3ccc(-n4cc(CCCC(=O)NCCCCC(N)C(=O)O)nn4)cc3)C(N)=O)nn2)cc1. The summed E-state index contributed by atoms with van der Waals surface area (Å²) in [6.45, 7) is 2.54. The van der Waals surface area contributed by atoms with Crippen LogP contribution in [0.1, 0.15) is 162 Å². The lowest BCUT2D eigenvalue weighted by Crippen LogP contribution is -2.53. The minimum Gasteiger partial charge on any atom is -0.480 e. The number of aromatic carboxylic acids is 1. The van der Waals surface area contributed by atoms with E-state index in [-0.39, 0.29) is 79.8 Å². The second-order valence-corrected chi connectivity index (χ2v) is 26.0. The Bertz CT molecular complexity index is 4390. The van der Waals surface area contributed by atoms with E-state index in [1.807, 2.05) is 74.1 Å². The van der Waals surface area contributed by atoms with Gasteiger partial charge in [0.1, 0.15) is 43.6 Å². The summed E-state index contributed by atoms with van der Waals surface area (Å²) in [6.07, 6.45) is 10.1. The predicted molar refractivity (Wildman–Crippen MR) is 390 cm³/mol. The average molecular weight is 1430 g/mol. The van der Waals surface area contributed by atoms with Crippen LogP contribution in [-0.2, 0) is 41.6 Å². The highest BCUT2D eigenvalue weighted by Crippen LogP contribution is 2.41. The van der Waals surface area contributed by atoms with Crippen LogP contribution in [0.15, 0.2) is 120 Å². The van der Waals surface area contributed by atoms with Crippen molar-refractivity contribution in [2.45, 2.75) is 141 Å². The van der Waals surface area contributed by atoms with Gasteiger partial charge in [0.25, 0.3) is 11.8 Å². The Labute approximate surface area is 601 Å². The molecule has 3 heterocycles. The first-order valence-electron chi connectivity index (χ1n) is 35.0. The summed E-state index contributed by atoms with van der Waals surface area (Å²) < 4.78 is 11.6. The molecular formula is C75H93N16O13+. The molecule has 2 aliphatic rings. The maximum atomic E-state index is 14.1. The molecule has 12 N–H and O–H groups in total. The van der Waals surface area contributed by atoms with Crippen LogP contribution < -0.4 is 58.2 Å². The third-order valence-corrected chi connectivity index (χ3v) is 17.6. The summed E-state index contributed by atoms with van der Waals surface area (Å²) >= 11 is 0. The fraction of sp³-hybridized carbons (Fsp3) is 0.400. The van der Waals surface area contributed by atoms with E-state index in [2.05, 4.69) is 52.5 Å². The second kappa shape index (κ2) is 38.5. The number of hydrogen-bond donors (Lipinski definition) is 10. The number of primary amides is 1. The number of anilines is 1. The number of nitrogens with one attached hydrogen (secondary N) is 6. The minimum absolute atomic E-state index is 0.0108. The molecule has 0 saturated heterocycles. The van der Waals surface area contributed by atoms with Crippen LogP contribution in [0.4, 0.5) is 5.69 Å². The van der Waals surface area contributed by atoms with Crippen molar-refractivity contribution in [2.75, 3.05) is 59.3 Å². The number of Topliss-reactive ketones (excluding diaryl/α,β-unsaturated/α-hetero) is 1. The lowest BCUT2D eigenvalue weighted by Gasteiger charge is -2.22. The highest BCUT2D eigenvalue weighted by Gasteiger charge is 2.27. The van der Waals surface area contributed by atoms with Crippen LogP contribution >= 0.6 is 0 Å². The van der Waals surface area contributed by atoms with E-state index in [4.69, 9.17) is 21.0 Å². The van der Waals surface area contributed by atoms with Crippen molar-refractivity contribution >= 4 is 75.7 Å². The van der Waals surface area contributed by atoms with Crippen molar-refractivity contribution in [2.24, 2.45) is 11.5 Å². The zero-order chi connectivity index (χ0) is 74.8. The largest absolute Gasteiger partial charge is 0.480 e. The molecule has 3 unspecified atom stereocenters. The summed E-state index contributed by atoms with van der Waals surface area (Å²) in [7, 11) is 7.69. The Morgan fingerprint density at radius 1 is 0.567 bits per heavy atom. The number of hydrogen-bond acceptors (Lipinski definition) is 17. The second-order valence-electron chi connectivity index (χ2n) is 26.0. The normalized spacial score (nSPS) is 12.0. The fourth-order valence-electron chi connectivity index (χ4n) is 11.7. The van der Waals surface area contributed by atoms with Crippen LogP contribution in [-0.4, -0.2) is 172 Å². The molecule has 2 aromatic heterocycles. The number of aliphatic carboxylic acids is 1. The zero-order valence-electron chi connectivity index (χ0n) is 59.4. The van der Waals surface area contributed by atoms with Gasteiger partial charge in [-0.3, -0.25) is 43.2 Å². The Kier molecular flexibility index (Phi) is 29.0. The molecule has 29 heteroatoms. The Morgan fingerprint density at radius 3 is 1.67 bits per heavy atom. The van der Waals surface area contributed by atoms with Gasteiger partial charge in [0, 0.05) is 105 Å². The highest BCUT2D eigenvalue weighted by molar-refractivity contribution is 6.08. The van der Waals surface area contributed by atoms with E-state index in [9.17, 15) is 53.1 Å². The third kappa shape index (κ3) is 23.0. The monoisotopic (exact) mass is 1430 g/mol. The minimum atomic E-state index is -1.31. The number of aryl methyl sites for hydroxylation is 2. The third-order valence-electron chi connectivity index (χ3n) is 17.6. The van der Waals surface area contributed by atoms with Crippen molar-refractivity contribution in [3.05, 3.63) is 155 Å². The quantitative estimate of drug-likeness (QED) is 0.00957. The number of benzene rings is 5. The number of carboxylic acid groups (broad SMARTS) is 2. The summed E-state index contributed by atoms with van der Waals surface area (Å²) in [5.41, 5.74) is 18.3. The molecule has 3 atom stereocenters. The van der Waals surface area contributed by atoms with E-state index < -0.39 is 53.7 Å². The number of rotatable bonds is 41. The van der Waals surface area contributed by atoms with Crippen LogP contribution in [0.2, 0.25) is 0 Å². The number of fused-ring (bicyclic) bond motifs is 2. The molecule has 0 saturated carbocycles. The first-order chi connectivity index (χ1) is 49.9. The average Bonchev–Trinajstić information content (AvgIpc) is 0.837. The number of carbonyl (C=O) groups excluding carboxylic acids is 8. The van der Waals surface area contributed by atoms with Gasteiger partial charge in [-0.2, -0.15) is 0 Å². The zero-order valence-corrected chi connectivity index (χ0v) is 59.4. The molecular weight excluding hydrogens is 1330 g/mol. The van der Waals surface area contributed by atoms with Crippen molar-refractivity contribution in [3.63, 3.8) is 0 Å². The van der Waals surface area contributed by atoms with E-state index in [1.54, 1.807) is 76.4 Å². The molecule has 0 spiro atoms. The molecule has 1 aliphatic heterocycles. The summed E-state index contributed by atoms with van der Waals surface area (Å²) in [4.78, 5) is 130. The van der Waals surface area contributed by atoms with Gasteiger partial charge >= 0.3 is 11.9 Å².